The predicted octanol–water partition coefficient (Wildman–Crippen LogP) is 5.03. The minimum Gasteiger partial charge on any atom is -0.459 e. The van der Waals surface area contributed by atoms with Crippen molar-refractivity contribution in [1.82, 2.24) is 10.2 Å². The quantitative estimate of drug-likeness (QED) is 0.237. The molecule has 0 unspecified atom stereocenters. The van der Waals surface area contributed by atoms with Crippen molar-refractivity contribution in [3.05, 3.63) is 35.9 Å². The van der Waals surface area contributed by atoms with Crippen LogP contribution in [0.2, 0.25) is 0 Å². The van der Waals surface area contributed by atoms with Gasteiger partial charge in [0.15, 0.2) is 18.7 Å². The first kappa shape index (κ1) is 52.9. The number of carbonyl (C=O) groups excluding carboxylic acids is 3. The number of alkyl carbamates (subject to hydrolysis) is 1. The van der Waals surface area contributed by atoms with E-state index >= 15 is 0 Å². The number of carbonyl (C=O) groups is 3. The van der Waals surface area contributed by atoms with Crippen molar-refractivity contribution >= 4 is 17.8 Å². The van der Waals surface area contributed by atoms with Crippen molar-refractivity contribution in [2.75, 3.05) is 35.4 Å². The van der Waals surface area contributed by atoms with Crippen LogP contribution in [0.4, 0.5) is 4.79 Å². The molecule has 1 aromatic carbocycles. The van der Waals surface area contributed by atoms with E-state index in [0.717, 1.165) is 5.56 Å². The smallest absolute Gasteiger partial charge is 0.407 e. The van der Waals surface area contributed by atoms with Gasteiger partial charge in [-0.3, -0.25) is 9.59 Å². The Kier molecular flexibility index (Phi) is 18.6. The van der Waals surface area contributed by atoms with Gasteiger partial charge in [0.1, 0.15) is 29.2 Å². The number of likely N-dealkylation sites (N-methyl/N-ethyl adjacent to an activating group) is 1. The number of hydrogen-bond donors (Lipinski definition) is 3. The van der Waals surface area contributed by atoms with Gasteiger partial charge in [-0.2, -0.15) is 0 Å². The molecule has 18 atom stereocenters. The van der Waals surface area contributed by atoms with Gasteiger partial charge in [-0.25, -0.2) is 4.79 Å². The summed E-state index contributed by atoms with van der Waals surface area (Å²) in [4.78, 5) is 44.0. The summed E-state index contributed by atoms with van der Waals surface area (Å²) in [5, 5.41) is 26.6. The molecule has 0 aromatic heterocycles. The number of methoxy groups -OCH3 is 3. The topological polar surface area (TPSA) is 190 Å². The molecule has 360 valence electrons. The third-order valence-corrected chi connectivity index (χ3v) is 14.0. The number of nitrogens with zero attached hydrogens (tertiary/aromatic N) is 1. The second-order valence-corrected chi connectivity index (χ2v) is 19.1. The first-order valence-electron chi connectivity index (χ1n) is 22.5. The summed E-state index contributed by atoms with van der Waals surface area (Å²) in [5.41, 5.74) is -3.23. The molecule has 3 aliphatic heterocycles. The Morgan fingerprint density at radius 3 is 2.06 bits per heavy atom. The fourth-order valence-corrected chi connectivity index (χ4v) is 10.1. The van der Waals surface area contributed by atoms with Gasteiger partial charge < -0.3 is 63.1 Å². The summed E-state index contributed by atoms with van der Waals surface area (Å²) in [6.45, 7) is 17.9. The van der Waals surface area contributed by atoms with E-state index in [1.54, 1.807) is 34.6 Å². The van der Waals surface area contributed by atoms with Crippen molar-refractivity contribution < 1.29 is 67.2 Å². The third-order valence-electron chi connectivity index (χ3n) is 14.0. The number of cyclic esters (lactones) is 1. The molecule has 3 heterocycles. The number of aliphatic hydroxyl groups is 2. The average molecular weight is 895 g/mol. The molecule has 3 aliphatic rings. The van der Waals surface area contributed by atoms with Crippen LogP contribution in [0.15, 0.2) is 30.3 Å². The van der Waals surface area contributed by atoms with E-state index < -0.39 is 108 Å². The normalized spacial score (nSPS) is 42.3. The van der Waals surface area contributed by atoms with Gasteiger partial charge in [0, 0.05) is 58.1 Å². The number of esters is 1. The zero-order chi connectivity index (χ0) is 47.2. The maximum absolute atomic E-state index is 14.6. The van der Waals surface area contributed by atoms with E-state index in [4.69, 9.17) is 42.6 Å². The molecule has 0 bridgehead atoms. The fourth-order valence-electron chi connectivity index (χ4n) is 10.1. The number of Topliss-reactive ketones (excluding diaryl/α,β-unsaturated/α-hetero) is 1. The summed E-state index contributed by atoms with van der Waals surface area (Å²) in [7, 11) is 8.25. The van der Waals surface area contributed by atoms with E-state index in [2.05, 4.69) is 5.32 Å². The van der Waals surface area contributed by atoms with Gasteiger partial charge in [0.05, 0.1) is 42.0 Å². The van der Waals surface area contributed by atoms with Gasteiger partial charge in [0.25, 0.3) is 0 Å². The van der Waals surface area contributed by atoms with E-state index in [1.165, 1.54) is 28.3 Å². The minimum atomic E-state index is -1.77. The van der Waals surface area contributed by atoms with Crippen molar-refractivity contribution in [3.63, 3.8) is 0 Å². The van der Waals surface area contributed by atoms with Crippen LogP contribution in [0, 0.1) is 23.7 Å². The van der Waals surface area contributed by atoms with Crippen LogP contribution in [0.1, 0.15) is 100 Å². The van der Waals surface area contributed by atoms with Crippen LogP contribution in [-0.4, -0.2) is 153 Å². The molecule has 16 heteroatoms. The fraction of sp³-hybridized carbons (Fsp3) is 0.809. The molecule has 3 N–H and O–H groups in total. The third kappa shape index (κ3) is 12.2. The molecular formula is C47H78N2O14. The molecular weight excluding hydrogens is 817 g/mol. The largest absolute Gasteiger partial charge is 0.459 e. The molecule has 3 saturated heterocycles. The monoisotopic (exact) mass is 895 g/mol. The first-order valence-corrected chi connectivity index (χ1v) is 22.5. The molecule has 0 aliphatic carbocycles. The zero-order valence-corrected chi connectivity index (χ0v) is 40.3. The molecule has 0 saturated carbocycles. The lowest BCUT2D eigenvalue weighted by molar-refractivity contribution is -0.319. The Bertz CT molecular complexity index is 1630. The van der Waals surface area contributed by atoms with Crippen molar-refractivity contribution in [1.29, 1.82) is 0 Å². The Hall–Kier alpha value is -2.77. The highest BCUT2D eigenvalue weighted by molar-refractivity contribution is 5.83. The van der Waals surface area contributed by atoms with Crippen LogP contribution in [0.5, 0.6) is 0 Å². The van der Waals surface area contributed by atoms with E-state index in [0.29, 0.717) is 6.42 Å². The van der Waals surface area contributed by atoms with Crippen LogP contribution in [0.3, 0.4) is 0 Å². The predicted molar refractivity (Wildman–Crippen MR) is 233 cm³/mol. The van der Waals surface area contributed by atoms with Gasteiger partial charge >= 0.3 is 12.1 Å². The van der Waals surface area contributed by atoms with Crippen molar-refractivity contribution in [2.45, 2.75) is 186 Å². The van der Waals surface area contributed by atoms with Crippen molar-refractivity contribution in [2.24, 2.45) is 23.7 Å². The first-order chi connectivity index (χ1) is 29.5. The Morgan fingerprint density at radius 1 is 0.873 bits per heavy atom. The number of amides is 1. The second kappa shape index (κ2) is 22.1. The molecule has 1 amide bonds. The van der Waals surface area contributed by atoms with E-state index in [9.17, 15) is 24.6 Å². The second-order valence-electron chi connectivity index (χ2n) is 19.1. The molecule has 63 heavy (non-hydrogen) atoms. The molecule has 1 aromatic rings. The SMILES string of the molecule is CC[C@H]1OC(=O)[C@H](C)[C@@H](O[C@H]2C[C@@](C)(OC)[C@@H](OC(=O)NCc3ccccc3)[C@H](C)O2)[C@H](C)[C@@H](O[C@@H]2O[C@H](C)C[C@H](N(C)C)[C@H]2O)[C@](C)(OC)C[C@@H](C)C(=O)[C@H](C)[C@@H](OC)[C@]1(C)O. The Balaban J connectivity index is 1.79. The van der Waals surface area contributed by atoms with Crippen LogP contribution in [-0.2, 0) is 58.8 Å². The van der Waals surface area contributed by atoms with Crippen LogP contribution in [0.25, 0.3) is 0 Å². The maximum Gasteiger partial charge on any atom is 0.407 e. The number of ketones is 1. The molecule has 16 nitrogen and oxygen atoms in total. The highest BCUT2D eigenvalue weighted by Gasteiger charge is 2.55. The number of hydrogen-bond acceptors (Lipinski definition) is 15. The van der Waals surface area contributed by atoms with Gasteiger partial charge in [-0.05, 0) is 80.5 Å². The average Bonchev–Trinajstić information content (AvgIpc) is 3.24. The summed E-state index contributed by atoms with van der Waals surface area (Å²) < 4.78 is 57.1. The number of aliphatic hydroxyl groups excluding tert-OH is 1. The van der Waals surface area contributed by atoms with Crippen LogP contribution >= 0.6 is 0 Å². The lowest BCUT2D eigenvalue weighted by Gasteiger charge is -2.50. The molecule has 4 rings (SSSR count). The summed E-state index contributed by atoms with van der Waals surface area (Å²) >= 11 is 0. The summed E-state index contributed by atoms with van der Waals surface area (Å²) in [6.07, 6.45) is -8.84. The maximum atomic E-state index is 14.6. The van der Waals surface area contributed by atoms with Gasteiger partial charge in [0.2, 0.25) is 0 Å². The number of ether oxygens (including phenoxy) is 9. The summed E-state index contributed by atoms with van der Waals surface area (Å²) in [6, 6.07) is 9.16. The standard InChI is InChI=1S/C47H78N2O14/c1-16-34-47(10,54)40(55-13)28(4)36(50)26(2)23-45(8,56-14)39(62-43-37(51)33(49(11)12)22-27(3)58-43)29(5)38(30(6)42(52)60-34)61-35-24-46(9,57-15)41(31(7)59-35)63-44(53)48-25-32-20-18-17-19-21-32/h17-21,26-31,33-35,37-41,43,51,54H,16,22-25H2,1-15H3,(H,48,53)/t26-,27-,28+,29+,30-,31+,33+,34-,35+,37-,38+,39-,40-,41+,43+,45-,46-,47-/m1/s1. The van der Waals surface area contributed by atoms with Gasteiger partial charge in [-0.15, -0.1) is 0 Å². The lowest BCUT2D eigenvalue weighted by atomic mass is 9.73. The van der Waals surface area contributed by atoms with E-state index in [-0.39, 0.29) is 43.7 Å². The highest BCUT2D eigenvalue weighted by Crippen LogP contribution is 2.42. The molecule has 3 fully saturated rings. The molecule has 0 spiro atoms. The van der Waals surface area contributed by atoms with Crippen molar-refractivity contribution in [3.8, 4) is 0 Å². The zero-order valence-electron chi connectivity index (χ0n) is 40.3. The minimum absolute atomic E-state index is 0.0836. The molecule has 0 radical (unpaired) electrons. The summed E-state index contributed by atoms with van der Waals surface area (Å²) in [5.74, 6) is -4.09. The van der Waals surface area contributed by atoms with Crippen LogP contribution < -0.4 is 5.32 Å². The van der Waals surface area contributed by atoms with Gasteiger partial charge in [-0.1, -0.05) is 58.0 Å². The number of nitrogens with one attached hydrogen (secondary N) is 1. The highest BCUT2D eigenvalue weighted by atomic mass is 16.7. The number of rotatable bonds is 12. The van der Waals surface area contributed by atoms with E-state index in [1.807, 2.05) is 77.0 Å². The lowest BCUT2D eigenvalue weighted by Crippen LogP contribution is -2.62. The Morgan fingerprint density at radius 2 is 1.49 bits per heavy atom. The Labute approximate surface area is 375 Å². The number of benzene rings is 1.